The Morgan fingerprint density at radius 3 is 3.07 bits per heavy atom. The number of carbonyl (C=O) groups is 1. The highest BCUT2D eigenvalue weighted by molar-refractivity contribution is 7.98. The van der Waals surface area contributed by atoms with Gasteiger partial charge in [0.15, 0.2) is 0 Å². The summed E-state index contributed by atoms with van der Waals surface area (Å²) in [7, 11) is 1.47. The number of methoxy groups -OCH3 is 1. The lowest BCUT2D eigenvalue weighted by molar-refractivity contribution is -0.145. The molecule has 1 atom stereocenters. The van der Waals surface area contributed by atoms with Gasteiger partial charge in [-0.05, 0) is 44.4 Å². The fourth-order valence-electron chi connectivity index (χ4n) is 1.91. The molecule has 1 aliphatic heterocycles. The molecule has 1 saturated heterocycles. The Hall–Kier alpha value is -0.220. The Balaban J connectivity index is 2.31. The Labute approximate surface area is 90.2 Å². The van der Waals surface area contributed by atoms with Crippen molar-refractivity contribution in [3.63, 3.8) is 0 Å². The summed E-state index contributed by atoms with van der Waals surface area (Å²) in [6, 6.07) is 0.0295. The topological polar surface area (TPSA) is 29.5 Å². The molecule has 1 heterocycles. The lowest BCUT2D eigenvalue weighted by Crippen LogP contribution is -2.37. The summed E-state index contributed by atoms with van der Waals surface area (Å²) in [6.07, 6.45) is 5.36. The molecule has 0 bridgehead atoms. The molecule has 0 saturated carbocycles. The first-order valence-corrected chi connectivity index (χ1v) is 6.49. The van der Waals surface area contributed by atoms with Crippen molar-refractivity contribution in [3.05, 3.63) is 0 Å². The minimum Gasteiger partial charge on any atom is -0.468 e. The third-order valence-corrected chi connectivity index (χ3v) is 3.33. The normalized spacial score (nSPS) is 22.6. The second-order valence-corrected chi connectivity index (χ2v) is 4.55. The number of likely N-dealkylation sites (tertiary alicyclic amines) is 1. The third kappa shape index (κ3) is 3.17. The SMILES string of the molecule is COC(=O)C1CCCN1CCCSC. The zero-order valence-corrected chi connectivity index (χ0v) is 9.81. The van der Waals surface area contributed by atoms with E-state index in [2.05, 4.69) is 11.2 Å². The maximum absolute atomic E-state index is 11.4. The van der Waals surface area contributed by atoms with E-state index in [0.29, 0.717) is 0 Å². The molecule has 0 aromatic carbocycles. The number of hydrogen-bond donors (Lipinski definition) is 0. The van der Waals surface area contributed by atoms with E-state index in [4.69, 9.17) is 4.74 Å². The van der Waals surface area contributed by atoms with Gasteiger partial charge in [0.1, 0.15) is 6.04 Å². The number of esters is 1. The van der Waals surface area contributed by atoms with Crippen LogP contribution in [0.1, 0.15) is 19.3 Å². The lowest BCUT2D eigenvalue weighted by atomic mass is 10.2. The first kappa shape index (κ1) is 11.9. The maximum atomic E-state index is 11.4. The van der Waals surface area contributed by atoms with Crippen LogP contribution in [0.5, 0.6) is 0 Å². The Morgan fingerprint density at radius 2 is 2.43 bits per heavy atom. The zero-order chi connectivity index (χ0) is 10.4. The Morgan fingerprint density at radius 1 is 1.64 bits per heavy atom. The number of nitrogens with zero attached hydrogens (tertiary/aromatic N) is 1. The summed E-state index contributed by atoms with van der Waals surface area (Å²) in [6.45, 7) is 2.08. The van der Waals surface area contributed by atoms with Crippen LogP contribution in [0.2, 0.25) is 0 Å². The molecular formula is C10H19NO2S. The van der Waals surface area contributed by atoms with Gasteiger partial charge in [0.25, 0.3) is 0 Å². The van der Waals surface area contributed by atoms with Crippen LogP contribution in [0.3, 0.4) is 0 Å². The zero-order valence-electron chi connectivity index (χ0n) is 8.99. The molecule has 0 spiro atoms. The van der Waals surface area contributed by atoms with Crippen molar-refractivity contribution in [3.8, 4) is 0 Å². The van der Waals surface area contributed by atoms with Crippen molar-refractivity contribution < 1.29 is 9.53 Å². The van der Waals surface area contributed by atoms with Crippen LogP contribution >= 0.6 is 11.8 Å². The van der Waals surface area contributed by atoms with Crippen LogP contribution in [-0.2, 0) is 9.53 Å². The number of rotatable bonds is 5. The molecule has 0 radical (unpaired) electrons. The van der Waals surface area contributed by atoms with Crippen LogP contribution in [0.15, 0.2) is 0 Å². The minimum atomic E-state index is -0.0633. The van der Waals surface area contributed by atoms with Crippen molar-refractivity contribution >= 4 is 17.7 Å². The van der Waals surface area contributed by atoms with Crippen molar-refractivity contribution in [2.24, 2.45) is 0 Å². The fourth-order valence-corrected chi connectivity index (χ4v) is 2.33. The van der Waals surface area contributed by atoms with E-state index in [0.717, 1.165) is 32.4 Å². The van der Waals surface area contributed by atoms with Crippen molar-refractivity contribution in [2.75, 3.05) is 32.2 Å². The number of ether oxygens (including phenoxy) is 1. The van der Waals surface area contributed by atoms with Gasteiger partial charge in [-0.25, -0.2) is 0 Å². The van der Waals surface area contributed by atoms with E-state index in [1.54, 1.807) is 0 Å². The highest BCUT2D eigenvalue weighted by Crippen LogP contribution is 2.18. The summed E-state index contributed by atoms with van der Waals surface area (Å²) < 4.78 is 4.78. The summed E-state index contributed by atoms with van der Waals surface area (Å²) in [5, 5.41) is 0. The molecule has 0 aromatic heterocycles. The Kier molecular flexibility index (Phi) is 5.33. The first-order chi connectivity index (χ1) is 6.79. The molecule has 4 heteroatoms. The minimum absolute atomic E-state index is 0.0295. The van der Waals surface area contributed by atoms with Crippen LogP contribution < -0.4 is 0 Å². The van der Waals surface area contributed by atoms with Gasteiger partial charge in [0.2, 0.25) is 0 Å². The number of hydrogen-bond acceptors (Lipinski definition) is 4. The van der Waals surface area contributed by atoms with Crippen molar-refractivity contribution in [2.45, 2.75) is 25.3 Å². The van der Waals surface area contributed by atoms with Crippen molar-refractivity contribution in [1.29, 1.82) is 0 Å². The van der Waals surface area contributed by atoms with Crippen LogP contribution in [-0.4, -0.2) is 49.1 Å². The largest absolute Gasteiger partial charge is 0.468 e. The summed E-state index contributed by atoms with van der Waals surface area (Å²) in [5.74, 6) is 1.11. The number of carbonyl (C=O) groups excluding carboxylic acids is 1. The average Bonchev–Trinajstić information content (AvgIpc) is 2.65. The molecule has 3 nitrogen and oxygen atoms in total. The summed E-state index contributed by atoms with van der Waals surface area (Å²) in [5.41, 5.74) is 0. The van der Waals surface area contributed by atoms with E-state index in [1.165, 1.54) is 12.9 Å². The summed E-state index contributed by atoms with van der Waals surface area (Å²) >= 11 is 1.86. The first-order valence-electron chi connectivity index (χ1n) is 5.10. The van der Waals surface area contributed by atoms with Gasteiger partial charge in [-0.3, -0.25) is 9.69 Å². The smallest absolute Gasteiger partial charge is 0.323 e. The monoisotopic (exact) mass is 217 g/mol. The van der Waals surface area contributed by atoms with E-state index in [9.17, 15) is 4.79 Å². The molecular weight excluding hydrogens is 198 g/mol. The molecule has 0 N–H and O–H groups in total. The molecule has 1 fully saturated rings. The second-order valence-electron chi connectivity index (χ2n) is 3.56. The van der Waals surface area contributed by atoms with Crippen LogP contribution in [0.25, 0.3) is 0 Å². The fraction of sp³-hybridized carbons (Fsp3) is 0.900. The predicted octanol–water partition coefficient (Wildman–Crippen LogP) is 1.38. The third-order valence-electron chi connectivity index (χ3n) is 2.63. The molecule has 0 aromatic rings. The highest BCUT2D eigenvalue weighted by Gasteiger charge is 2.30. The maximum Gasteiger partial charge on any atom is 0.323 e. The average molecular weight is 217 g/mol. The van der Waals surface area contributed by atoms with Gasteiger partial charge in [-0.15, -0.1) is 0 Å². The van der Waals surface area contributed by atoms with Gasteiger partial charge in [-0.1, -0.05) is 0 Å². The predicted molar refractivity (Wildman–Crippen MR) is 59.6 cm³/mol. The van der Waals surface area contributed by atoms with Gasteiger partial charge >= 0.3 is 5.97 Å². The van der Waals surface area contributed by atoms with Crippen LogP contribution in [0, 0.1) is 0 Å². The molecule has 0 amide bonds. The van der Waals surface area contributed by atoms with Gasteiger partial charge < -0.3 is 4.74 Å². The highest BCUT2D eigenvalue weighted by atomic mass is 32.2. The molecule has 1 aliphatic rings. The molecule has 0 aliphatic carbocycles. The standard InChI is InChI=1S/C10H19NO2S/c1-13-10(12)9-5-3-6-11(9)7-4-8-14-2/h9H,3-8H2,1-2H3. The van der Waals surface area contributed by atoms with Gasteiger partial charge in [0.05, 0.1) is 7.11 Å². The quantitative estimate of drug-likeness (QED) is 0.514. The summed E-state index contributed by atoms with van der Waals surface area (Å²) in [4.78, 5) is 13.6. The lowest BCUT2D eigenvalue weighted by Gasteiger charge is -2.21. The Bertz CT molecular complexity index is 187. The van der Waals surface area contributed by atoms with E-state index < -0.39 is 0 Å². The molecule has 14 heavy (non-hydrogen) atoms. The van der Waals surface area contributed by atoms with E-state index >= 15 is 0 Å². The van der Waals surface area contributed by atoms with E-state index in [-0.39, 0.29) is 12.0 Å². The number of thioether (sulfide) groups is 1. The van der Waals surface area contributed by atoms with E-state index in [1.807, 2.05) is 11.8 Å². The molecule has 1 rings (SSSR count). The van der Waals surface area contributed by atoms with Crippen molar-refractivity contribution in [1.82, 2.24) is 4.90 Å². The van der Waals surface area contributed by atoms with Crippen LogP contribution in [0.4, 0.5) is 0 Å². The molecule has 82 valence electrons. The van der Waals surface area contributed by atoms with Gasteiger partial charge in [-0.2, -0.15) is 11.8 Å². The second kappa shape index (κ2) is 6.30. The van der Waals surface area contributed by atoms with Gasteiger partial charge in [0, 0.05) is 0 Å². The molecule has 1 unspecified atom stereocenters.